The van der Waals surface area contributed by atoms with Crippen LogP contribution in [0.25, 0.3) is 0 Å². The number of aromatic nitrogens is 3. The first-order valence-electron chi connectivity index (χ1n) is 8.01. The van der Waals surface area contributed by atoms with Crippen molar-refractivity contribution < 1.29 is 9.59 Å². The Labute approximate surface area is 143 Å². The van der Waals surface area contributed by atoms with Gasteiger partial charge in [0, 0.05) is 36.9 Å². The number of thiazole rings is 1. The fraction of sp³-hybridized carbons (Fsp3) is 0.500. The first kappa shape index (κ1) is 15.3. The van der Waals surface area contributed by atoms with E-state index in [0.29, 0.717) is 38.3 Å². The number of nitrogens with one attached hydrogen (secondary N) is 1. The molecule has 1 N–H and O–H groups in total. The van der Waals surface area contributed by atoms with Crippen LogP contribution >= 0.6 is 11.3 Å². The lowest BCUT2D eigenvalue weighted by molar-refractivity contribution is -0.128. The predicted molar refractivity (Wildman–Crippen MR) is 88.4 cm³/mol. The highest BCUT2D eigenvalue weighted by Gasteiger charge is 2.48. The molecular weight excluding hydrogens is 326 g/mol. The fourth-order valence-electron chi connectivity index (χ4n) is 3.73. The number of nitrogens with zero attached hydrogens (tertiary/aromatic N) is 4. The summed E-state index contributed by atoms with van der Waals surface area (Å²) in [7, 11) is 0. The number of carbonyl (C=O) groups is 2. The van der Waals surface area contributed by atoms with Gasteiger partial charge in [0.1, 0.15) is 5.69 Å². The monoisotopic (exact) mass is 345 g/mol. The molecule has 4 heterocycles. The Balaban J connectivity index is 1.43. The van der Waals surface area contributed by atoms with Crippen LogP contribution < -0.4 is 0 Å². The Morgan fingerprint density at radius 3 is 3.04 bits per heavy atom. The van der Waals surface area contributed by atoms with Gasteiger partial charge in [-0.15, -0.1) is 11.3 Å². The van der Waals surface area contributed by atoms with Crippen molar-refractivity contribution in [3.63, 3.8) is 0 Å². The average molecular weight is 345 g/mol. The summed E-state index contributed by atoms with van der Waals surface area (Å²) in [5.41, 5.74) is 1.34. The highest BCUT2D eigenvalue weighted by Crippen LogP contribution is 2.41. The van der Waals surface area contributed by atoms with E-state index < -0.39 is 0 Å². The molecule has 1 spiro atoms. The van der Waals surface area contributed by atoms with Crippen LogP contribution in [0.3, 0.4) is 0 Å². The molecule has 4 rings (SSSR count). The molecule has 1 atom stereocenters. The Hall–Kier alpha value is -2.22. The van der Waals surface area contributed by atoms with Gasteiger partial charge in [-0.3, -0.25) is 9.59 Å². The highest BCUT2D eigenvalue weighted by molar-refractivity contribution is 7.09. The van der Waals surface area contributed by atoms with Gasteiger partial charge in [-0.2, -0.15) is 0 Å². The van der Waals surface area contributed by atoms with Gasteiger partial charge in [-0.1, -0.05) is 0 Å². The minimum Gasteiger partial charge on any atom is -0.341 e. The van der Waals surface area contributed by atoms with Crippen LogP contribution in [0, 0.1) is 12.3 Å². The van der Waals surface area contributed by atoms with E-state index in [9.17, 15) is 9.59 Å². The summed E-state index contributed by atoms with van der Waals surface area (Å²) in [4.78, 5) is 39.8. The number of H-pyrrole nitrogens is 1. The SMILES string of the molecule is Cc1nc(CN2CC3(CCN(C(=O)c4cnc[nH]4)C3)CC2=O)cs1. The molecule has 2 aliphatic rings. The van der Waals surface area contributed by atoms with Gasteiger partial charge in [0.2, 0.25) is 5.91 Å². The molecule has 0 aliphatic carbocycles. The molecule has 0 saturated carbocycles. The van der Waals surface area contributed by atoms with Gasteiger partial charge in [-0.25, -0.2) is 9.97 Å². The summed E-state index contributed by atoms with van der Waals surface area (Å²) in [6.07, 6.45) is 4.44. The van der Waals surface area contributed by atoms with Crippen LogP contribution in [0.5, 0.6) is 0 Å². The van der Waals surface area contributed by atoms with Crippen molar-refractivity contribution in [2.75, 3.05) is 19.6 Å². The zero-order chi connectivity index (χ0) is 16.7. The van der Waals surface area contributed by atoms with Crippen LogP contribution in [-0.4, -0.2) is 56.2 Å². The molecule has 7 nitrogen and oxygen atoms in total. The number of amides is 2. The van der Waals surface area contributed by atoms with Gasteiger partial charge in [0.05, 0.1) is 29.8 Å². The summed E-state index contributed by atoms with van der Waals surface area (Å²) < 4.78 is 0. The smallest absolute Gasteiger partial charge is 0.271 e. The number of carbonyl (C=O) groups excluding carboxylic acids is 2. The lowest BCUT2D eigenvalue weighted by Crippen LogP contribution is -2.34. The average Bonchev–Trinajstić information content (AvgIpc) is 3.30. The molecule has 2 aliphatic heterocycles. The van der Waals surface area contributed by atoms with Crippen molar-refractivity contribution in [3.8, 4) is 0 Å². The zero-order valence-corrected chi connectivity index (χ0v) is 14.3. The maximum atomic E-state index is 12.5. The molecule has 0 radical (unpaired) electrons. The van der Waals surface area contributed by atoms with E-state index in [4.69, 9.17) is 0 Å². The summed E-state index contributed by atoms with van der Waals surface area (Å²) in [5.74, 6) is 0.127. The van der Waals surface area contributed by atoms with E-state index in [1.54, 1.807) is 17.5 Å². The van der Waals surface area contributed by atoms with Crippen molar-refractivity contribution in [1.29, 1.82) is 0 Å². The van der Waals surface area contributed by atoms with Gasteiger partial charge in [0.15, 0.2) is 0 Å². The third kappa shape index (κ3) is 2.71. The number of likely N-dealkylation sites (tertiary alicyclic amines) is 2. The van der Waals surface area contributed by atoms with Gasteiger partial charge in [-0.05, 0) is 13.3 Å². The second-order valence-corrected chi connectivity index (χ2v) is 7.79. The molecule has 126 valence electrons. The maximum Gasteiger partial charge on any atom is 0.271 e. The minimum atomic E-state index is -0.113. The first-order chi connectivity index (χ1) is 11.5. The summed E-state index contributed by atoms with van der Waals surface area (Å²) in [6.45, 7) is 4.56. The lowest BCUT2D eigenvalue weighted by atomic mass is 9.86. The number of aromatic amines is 1. The predicted octanol–water partition coefficient (Wildman–Crippen LogP) is 1.44. The Morgan fingerprint density at radius 1 is 1.46 bits per heavy atom. The molecule has 2 fully saturated rings. The Bertz CT molecular complexity index is 771. The standard InChI is InChI=1S/C16H19N5O2S/c1-11-19-12(7-24-11)6-21-9-16(4-14(21)22)2-3-20(8-16)15(23)13-5-17-10-18-13/h5,7,10H,2-4,6,8-9H2,1H3,(H,17,18). The highest BCUT2D eigenvalue weighted by atomic mass is 32.1. The summed E-state index contributed by atoms with van der Waals surface area (Å²) >= 11 is 1.60. The summed E-state index contributed by atoms with van der Waals surface area (Å²) in [5, 5.41) is 3.03. The van der Waals surface area contributed by atoms with E-state index in [-0.39, 0.29) is 17.2 Å². The molecule has 2 saturated heterocycles. The molecule has 8 heteroatoms. The van der Waals surface area contributed by atoms with E-state index in [1.165, 1.54) is 6.33 Å². The molecule has 0 bridgehead atoms. The number of imidazole rings is 1. The maximum absolute atomic E-state index is 12.5. The van der Waals surface area contributed by atoms with E-state index in [1.807, 2.05) is 22.1 Å². The van der Waals surface area contributed by atoms with Crippen LogP contribution in [0.1, 0.15) is 34.0 Å². The minimum absolute atomic E-state index is 0.0367. The largest absolute Gasteiger partial charge is 0.341 e. The topological polar surface area (TPSA) is 82.2 Å². The summed E-state index contributed by atoms with van der Waals surface area (Å²) in [6, 6.07) is 0. The zero-order valence-electron chi connectivity index (χ0n) is 13.5. The number of rotatable bonds is 3. The van der Waals surface area contributed by atoms with Crippen molar-refractivity contribution in [1.82, 2.24) is 24.8 Å². The quantitative estimate of drug-likeness (QED) is 0.912. The van der Waals surface area contributed by atoms with Crippen molar-refractivity contribution >= 4 is 23.2 Å². The molecular formula is C16H19N5O2S. The third-order valence-corrected chi connectivity index (χ3v) is 5.70. The molecule has 2 aromatic heterocycles. The van der Waals surface area contributed by atoms with E-state index in [2.05, 4.69) is 15.0 Å². The number of hydrogen-bond acceptors (Lipinski definition) is 5. The normalized spacial score (nSPS) is 23.6. The Morgan fingerprint density at radius 2 is 2.33 bits per heavy atom. The van der Waals surface area contributed by atoms with Gasteiger partial charge >= 0.3 is 0 Å². The second-order valence-electron chi connectivity index (χ2n) is 6.73. The fourth-order valence-corrected chi connectivity index (χ4v) is 4.33. The second kappa shape index (κ2) is 5.70. The molecule has 0 aromatic carbocycles. The third-order valence-electron chi connectivity index (χ3n) is 4.88. The number of aryl methyl sites for hydroxylation is 1. The molecule has 24 heavy (non-hydrogen) atoms. The van der Waals surface area contributed by atoms with E-state index >= 15 is 0 Å². The van der Waals surface area contributed by atoms with Crippen molar-refractivity contribution in [2.24, 2.45) is 5.41 Å². The van der Waals surface area contributed by atoms with Crippen molar-refractivity contribution in [2.45, 2.75) is 26.3 Å². The van der Waals surface area contributed by atoms with Crippen molar-refractivity contribution in [3.05, 3.63) is 34.3 Å². The molecule has 2 amide bonds. The van der Waals surface area contributed by atoms with Crippen LogP contribution in [0.15, 0.2) is 17.9 Å². The first-order valence-corrected chi connectivity index (χ1v) is 8.89. The van der Waals surface area contributed by atoms with E-state index in [0.717, 1.165) is 17.1 Å². The van der Waals surface area contributed by atoms with Crippen LogP contribution in [0.4, 0.5) is 0 Å². The van der Waals surface area contributed by atoms with Gasteiger partial charge < -0.3 is 14.8 Å². The lowest BCUT2D eigenvalue weighted by Gasteiger charge is -2.23. The van der Waals surface area contributed by atoms with Gasteiger partial charge in [0.25, 0.3) is 5.91 Å². The molecule has 2 aromatic rings. The molecule has 1 unspecified atom stereocenters. The van der Waals surface area contributed by atoms with Crippen LogP contribution in [-0.2, 0) is 11.3 Å². The Kier molecular flexibility index (Phi) is 3.64. The van der Waals surface area contributed by atoms with Crippen LogP contribution in [0.2, 0.25) is 0 Å². The number of hydrogen-bond donors (Lipinski definition) is 1.